The maximum atomic E-state index is 2.58. The molecule has 1 rings (SSSR count). The Kier molecular flexibility index (Phi) is 11.4. The van der Waals surface area contributed by atoms with Gasteiger partial charge in [0.1, 0.15) is 0 Å². The van der Waals surface area contributed by atoms with Crippen molar-refractivity contribution in [1.29, 1.82) is 0 Å². The zero-order chi connectivity index (χ0) is 17.9. The summed E-state index contributed by atoms with van der Waals surface area (Å²) in [6.07, 6.45) is 17.4. The number of hydrogen-bond acceptors (Lipinski definition) is 0. The van der Waals surface area contributed by atoms with Crippen molar-refractivity contribution in [2.75, 3.05) is 0 Å². The Morgan fingerprint density at radius 2 is 1.25 bits per heavy atom. The SMILES string of the molecule is CCCC(C)C(CC)C(CCC)C(C)CCC(C)C1CCCCC1. The lowest BCUT2D eigenvalue weighted by atomic mass is 9.69. The van der Waals surface area contributed by atoms with Gasteiger partial charge < -0.3 is 0 Å². The van der Waals surface area contributed by atoms with Gasteiger partial charge in [-0.2, -0.15) is 0 Å². The summed E-state index contributed by atoms with van der Waals surface area (Å²) >= 11 is 0. The Bertz CT molecular complexity index is 288. The molecule has 0 N–H and O–H groups in total. The van der Waals surface area contributed by atoms with Gasteiger partial charge in [-0.05, 0) is 35.5 Å². The van der Waals surface area contributed by atoms with E-state index in [0.717, 1.165) is 35.5 Å². The maximum Gasteiger partial charge on any atom is -0.0358 e. The Labute approximate surface area is 154 Å². The van der Waals surface area contributed by atoms with Gasteiger partial charge in [-0.1, -0.05) is 119 Å². The van der Waals surface area contributed by atoms with E-state index in [1.54, 1.807) is 0 Å². The average Bonchev–Trinajstić information content (AvgIpc) is 2.60. The standard InChI is InChI=1S/C24H48/c1-7-13-20(5)23(9-3)24(14-8-2)21(6)18-17-19(4)22-15-11-10-12-16-22/h19-24H,7-18H2,1-6H3. The molecule has 0 heteroatoms. The molecule has 0 bridgehead atoms. The molecule has 0 aromatic heterocycles. The first-order chi connectivity index (χ1) is 11.5. The van der Waals surface area contributed by atoms with E-state index in [4.69, 9.17) is 0 Å². The van der Waals surface area contributed by atoms with Crippen LogP contribution in [0.4, 0.5) is 0 Å². The van der Waals surface area contributed by atoms with Crippen LogP contribution in [0.25, 0.3) is 0 Å². The molecular weight excluding hydrogens is 288 g/mol. The first-order valence-corrected chi connectivity index (χ1v) is 11.5. The van der Waals surface area contributed by atoms with E-state index in [9.17, 15) is 0 Å². The summed E-state index contributed by atoms with van der Waals surface area (Å²) in [5, 5.41) is 0. The molecule has 144 valence electrons. The minimum absolute atomic E-state index is 0.912. The van der Waals surface area contributed by atoms with Crippen LogP contribution < -0.4 is 0 Å². The third-order valence-electron chi connectivity index (χ3n) is 7.38. The Morgan fingerprint density at radius 3 is 1.79 bits per heavy atom. The highest BCUT2D eigenvalue weighted by atomic mass is 14.3. The molecule has 5 unspecified atom stereocenters. The maximum absolute atomic E-state index is 2.58. The molecule has 0 spiro atoms. The van der Waals surface area contributed by atoms with E-state index in [0.29, 0.717) is 0 Å². The van der Waals surface area contributed by atoms with E-state index < -0.39 is 0 Å². The van der Waals surface area contributed by atoms with Gasteiger partial charge in [-0.3, -0.25) is 0 Å². The van der Waals surface area contributed by atoms with Crippen LogP contribution in [0.2, 0.25) is 0 Å². The highest BCUT2D eigenvalue weighted by Gasteiger charge is 2.29. The molecule has 5 atom stereocenters. The number of rotatable bonds is 12. The fourth-order valence-corrected chi connectivity index (χ4v) is 5.73. The van der Waals surface area contributed by atoms with Crippen LogP contribution in [0.3, 0.4) is 0 Å². The van der Waals surface area contributed by atoms with Crippen LogP contribution in [0.15, 0.2) is 0 Å². The monoisotopic (exact) mass is 336 g/mol. The molecule has 0 aliphatic heterocycles. The van der Waals surface area contributed by atoms with Gasteiger partial charge in [0.15, 0.2) is 0 Å². The Hall–Kier alpha value is 0. The van der Waals surface area contributed by atoms with Crippen LogP contribution in [-0.2, 0) is 0 Å². The van der Waals surface area contributed by atoms with Gasteiger partial charge >= 0.3 is 0 Å². The van der Waals surface area contributed by atoms with E-state index in [1.165, 1.54) is 77.0 Å². The molecule has 24 heavy (non-hydrogen) atoms. The third kappa shape index (κ3) is 7.09. The predicted molar refractivity (Wildman–Crippen MR) is 110 cm³/mol. The normalized spacial score (nSPS) is 22.8. The fourth-order valence-electron chi connectivity index (χ4n) is 5.73. The molecule has 0 radical (unpaired) electrons. The van der Waals surface area contributed by atoms with Crippen molar-refractivity contribution in [3.05, 3.63) is 0 Å². The van der Waals surface area contributed by atoms with Gasteiger partial charge in [0, 0.05) is 0 Å². The zero-order valence-electron chi connectivity index (χ0n) is 17.9. The average molecular weight is 337 g/mol. The summed E-state index contributed by atoms with van der Waals surface area (Å²) in [7, 11) is 0. The predicted octanol–water partition coefficient (Wildman–Crippen LogP) is 8.50. The molecule has 0 aromatic rings. The lowest BCUT2D eigenvalue weighted by Crippen LogP contribution is -2.27. The number of hydrogen-bond donors (Lipinski definition) is 0. The summed E-state index contributed by atoms with van der Waals surface area (Å²) < 4.78 is 0. The minimum Gasteiger partial charge on any atom is -0.0654 e. The van der Waals surface area contributed by atoms with Gasteiger partial charge in [-0.15, -0.1) is 0 Å². The first-order valence-electron chi connectivity index (χ1n) is 11.5. The van der Waals surface area contributed by atoms with Crippen molar-refractivity contribution in [2.24, 2.45) is 35.5 Å². The second-order valence-corrected chi connectivity index (χ2v) is 9.22. The molecule has 0 aromatic carbocycles. The van der Waals surface area contributed by atoms with Gasteiger partial charge in [0.05, 0.1) is 0 Å². The Morgan fingerprint density at radius 1 is 0.667 bits per heavy atom. The molecule has 0 saturated heterocycles. The van der Waals surface area contributed by atoms with Crippen molar-refractivity contribution in [3.8, 4) is 0 Å². The molecule has 1 saturated carbocycles. The van der Waals surface area contributed by atoms with Gasteiger partial charge in [0.25, 0.3) is 0 Å². The molecule has 0 amide bonds. The molecular formula is C24H48. The minimum atomic E-state index is 0.912. The molecule has 0 nitrogen and oxygen atoms in total. The van der Waals surface area contributed by atoms with Crippen LogP contribution in [0.5, 0.6) is 0 Å². The van der Waals surface area contributed by atoms with E-state index >= 15 is 0 Å². The quantitative estimate of drug-likeness (QED) is 0.335. The summed E-state index contributed by atoms with van der Waals surface area (Å²) in [5.41, 5.74) is 0. The topological polar surface area (TPSA) is 0 Å². The van der Waals surface area contributed by atoms with Gasteiger partial charge in [-0.25, -0.2) is 0 Å². The molecule has 0 heterocycles. The van der Waals surface area contributed by atoms with Crippen LogP contribution in [-0.4, -0.2) is 0 Å². The fraction of sp³-hybridized carbons (Fsp3) is 1.00. The molecule has 1 fully saturated rings. The summed E-state index contributed by atoms with van der Waals surface area (Å²) in [4.78, 5) is 0. The summed E-state index contributed by atoms with van der Waals surface area (Å²) in [5.74, 6) is 5.74. The van der Waals surface area contributed by atoms with Gasteiger partial charge in [0.2, 0.25) is 0 Å². The van der Waals surface area contributed by atoms with Crippen molar-refractivity contribution in [3.63, 3.8) is 0 Å². The lowest BCUT2D eigenvalue weighted by Gasteiger charge is -2.36. The zero-order valence-corrected chi connectivity index (χ0v) is 17.9. The summed E-state index contributed by atoms with van der Waals surface area (Å²) in [6.45, 7) is 14.8. The van der Waals surface area contributed by atoms with E-state index in [1.807, 2.05) is 0 Å². The van der Waals surface area contributed by atoms with Crippen LogP contribution in [0.1, 0.15) is 119 Å². The second kappa shape index (κ2) is 12.4. The third-order valence-corrected chi connectivity index (χ3v) is 7.38. The van der Waals surface area contributed by atoms with E-state index in [2.05, 4.69) is 41.5 Å². The van der Waals surface area contributed by atoms with Crippen molar-refractivity contribution >= 4 is 0 Å². The van der Waals surface area contributed by atoms with Crippen molar-refractivity contribution in [1.82, 2.24) is 0 Å². The first kappa shape index (κ1) is 22.0. The van der Waals surface area contributed by atoms with E-state index in [-0.39, 0.29) is 0 Å². The molecule has 1 aliphatic carbocycles. The van der Waals surface area contributed by atoms with Crippen LogP contribution >= 0.6 is 0 Å². The smallest absolute Gasteiger partial charge is 0.0358 e. The van der Waals surface area contributed by atoms with Crippen molar-refractivity contribution < 1.29 is 0 Å². The van der Waals surface area contributed by atoms with Crippen LogP contribution in [0, 0.1) is 35.5 Å². The Balaban J connectivity index is 2.55. The van der Waals surface area contributed by atoms with Crippen molar-refractivity contribution in [2.45, 2.75) is 119 Å². The molecule has 1 aliphatic rings. The highest BCUT2D eigenvalue weighted by molar-refractivity contribution is 4.79. The summed E-state index contributed by atoms with van der Waals surface area (Å²) in [6, 6.07) is 0. The second-order valence-electron chi connectivity index (χ2n) is 9.22. The lowest BCUT2D eigenvalue weighted by molar-refractivity contribution is 0.137. The largest absolute Gasteiger partial charge is 0.0654 e. The highest BCUT2D eigenvalue weighted by Crippen LogP contribution is 2.39.